The van der Waals surface area contributed by atoms with Crippen LogP contribution in [0.4, 0.5) is 5.69 Å². The Bertz CT molecular complexity index is 1210. The first-order chi connectivity index (χ1) is 18.3. The van der Waals surface area contributed by atoms with E-state index in [0.29, 0.717) is 30.1 Å². The molecule has 2 N–H and O–H groups in total. The Morgan fingerprint density at radius 1 is 1.29 bits per heavy atom. The van der Waals surface area contributed by atoms with Gasteiger partial charge in [-0.2, -0.15) is 0 Å². The highest BCUT2D eigenvalue weighted by atomic mass is 16.5. The highest BCUT2D eigenvalue weighted by molar-refractivity contribution is 5.91. The predicted octanol–water partition coefficient (Wildman–Crippen LogP) is 0.988. The number of hydrogen-bond acceptors (Lipinski definition) is 9. The zero-order chi connectivity index (χ0) is 27.1. The summed E-state index contributed by atoms with van der Waals surface area (Å²) in [5, 5.41) is 23.4. The summed E-state index contributed by atoms with van der Waals surface area (Å²) in [6.07, 6.45) is 4.78. The van der Waals surface area contributed by atoms with Crippen molar-refractivity contribution in [2.75, 3.05) is 32.1 Å². The fraction of sp³-hybridized carbons (Fsp3) is 0.462. The molecule has 0 saturated heterocycles. The van der Waals surface area contributed by atoms with Crippen LogP contribution in [0.15, 0.2) is 49.1 Å². The van der Waals surface area contributed by atoms with E-state index >= 15 is 0 Å². The summed E-state index contributed by atoms with van der Waals surface area (Å²) in [5.41, 5.74) is 2.35. The number of aromatic nitrogens is 5. The van der Waals surface area contributed by atoms with Crippen molar-refractivity contribution in [1.29, 1.82) is 0 Å². The maximum atomic E-state index is 13.4. The highest BCUT2D eigenvalue weighted by Gasteiger charge is 2.31. The van der Waals surface area contributed by atoms with Gasteiger partial charge in [0.15, 0.2) is 0 Å². The van der Waals surface area contributed by atoms with Crippen molar-refractivity contribution in [2.24, 2.45) is 5.92 Å². The van der Waals surface area contributed by atoms with Gasteiger partial charge in [0, 0.05) is 49.2 Å². The molecule has 12 nitrogen and oxygen atoms in total. The summed E-state index contributed by atoms with van der Waals surface area (Å²) in [4.78, 5) is 33.8. The molecule has 0 spiro atoms. The van der Waals surface area contributed by atoms with Crippen LogP contribution in [-0.4, -0.2) is 90.8 Å². The predicted molar refractivity (Wildman–Crippen MR) is 139 cm³/mol. The van der Waals surface area contributed by atoms with E-state index in [1.54, 1.807) is 35.5 Å². The Kier molecular flexibility index (Phi) is 8.98. The number of fused-ring (bicyclic) bond motifs is 1. The Labute approximate surface area is 221 Å². The number of ether oxygens (including phenoxy) is 1. The number of carbonyl (C=O) groups is 2. The molecule has 1 aliphatic rings. The van der Waals surface area contributed by atoms with E-state index in [-0.39, 0.29) is 49.5 Å². The van der Waals surface area contributed by atoms with Gasteiger partial charge in [0.2, 0.25) is 11.8 Å². The number of hydrogen-bond donors (Lipinski definition) is 2. The fourth-order valence-corrected chi connectivity index (χ4v) is 4.50. The Balaban J connectivity index is 1.57. The smallest absolute Gasteiger partial charge is 0.246 e. The van der Waals surface area contributed by atoms with Gasteiger partial charge < -0.3 is 20.1 Å². The van der Waals surface area contributed by atoms with Gasteiger partial charge in [-0.15, -0.1) is 5.10 Å². The second-order valence-corrected chi connectivity index (χ2v) is 9.82. The third kappa shape index (κ3) is 7.11. The molecule has 0 fully saturated rings. The van der Waals surface area contributed by atoms with Gasteiger partial charge in [0.25, 0.3) is 0 Å². The molecule has 202 valence electrons. The molecule has 0 bridgehead atoms. The highest BCUT2D eigenvalue weighted by Crippen LogP contribution is 2.29. The van der Waals surface area contributed by atoms with Crippen LogP contribution in [0.3, 0.4) is 0 Å². The minimum Gasteiger partial charge on any atom is -0.488 e. The van der Waals surface area contributed by atoms with Crippen LogP contribution in [0.25, 0.3) is 0 Å². The van der Waals surface area contributed by atoms with Crippen molar-refractivity contribution < 1.29 is 19.4 Å². The second kappa shape index (κ2) is 12.6. The molecule has 1 aromatic carbocycles. The van der Waals surface area contributed by atoms with Gasteiger partial charge >= 0.3 is 0 Å². The van der Waals surface area contributed by atoms with Crippen LogP contribution >= 0.6 is 0 Å². The van der Waals surface area contributed by atoms with Crippen molar-refractivity contribution in [2.45, 2.75) is 45.5 Å². The number of carbonyl (C=O) groups excluding carboxylic acids is 2. The average Bonchev–Trinajstić information content (AvgIpc) is 3.41. The van der Waals surface area contributed by atoms with Crippen LogP contribution in [-0.2, 0) is 29.1 Å². The molecule has 12 heteroatoms. The molecule has 0 unspecified atom stereocenters. The lowest BCUT2D eigenvalue weighted by atomic mass is 10.0. The molecule has 3 aromatic rings. The molecule has 0 saturated carbocycles. The van der Waals surface area contributed by atoms with Crippen LogP contribution in [0.1, 0.15) is 25.0 Å². The van der Waals surface area contributed by atoms with E-state index in [0.717, 1.165) is 12.1 Å². The Morgan fingerprint density at radius 2 is 2.08 bits per heavy atom. The topological polar surface area (TPSA) is 139 Å². The van der Waals surface area contributed by atoms with Crippen LogP contribution in [0, 0.1) is 5.92 Å². The number of amides is 2. The van der Waals surface area contributed by atoms with E-state index in [9.17, 15) is 14.7 Å². The summed E-state index contributed by atoms with van der Waals surface area (Å²) in [6.45, 7) is 5.54. The van der Waals surface area contributed by atoms with Crippen molar-refractivity contribution >= 4 is 17.5 Å². The maximum Gasteiger partial charge on any atom is 0.246 e. The molecule has 3 atom stereocenters. The average molecular weight is 523 g/mol. The normalized spacial score (nSPS) is 18.7. The fourth-order valence-electron chi connectivity index (χ4n) is 4.50. The van der Waals surface area contributed by atoms with Crippen molar-refractivity contribution in [3.8, 4) is 5.75 Å². The lowest BCUT2D eigenvalue weighted by molar-refractivity contribution is -0.134. The number of pyridine rings is 1. The molecule has 2 aromatic heterocycles. The van der Waals surface area contributed by atoms with Gasteiger partial charge in [-0.25, -0.2) is 4.68 Å². The lowest BCUT2D eigenvalue weighted by Crippen LogP contribution is -2.47. The van der Waals surface area contributed by atoms with E-state index in [1.807, 2.05) is 26.1 Å². The zero-order valence-electron chi connectivity index (χ0n) is 21.9. The molecule has 1 aliphatic heterocycles. The third-order valence-corrected chi connectivity index (χ3v) is 6.59. The summed E-state index contributed by atoms with van der Waals surface area (Å²) in [7, 11) is 2.03. The molecular weight excluding hydrogens is 488 g/mol. The summed E-state index contributed by atoms with van der Waals surface area (Å²) in [5.74, 6) is 0.192. The first-order valence-corrected chi connectivity index (χ1v) is 12.6. The molecule has 4 rings (SSSR count). The molecular formula is C26H34N8O4. The maximum absolute atomic E-state index is 13.4. The molecule has 0 aliphatic carbocycles. The first kappa shape index (κ1) is 27.1. The van der Waals surface area contributed by atoms with Crippen LogP contribution < -0.4 is 10.1 Å². The molecule has 2 amide bonds. The molecule has 0 radical (unpaired) electrons. The Morgan fingerprint density at radius 3 is 2.79 bits per heavy atom. The second-order valence-electron chi connectivity index (χ2n) is 9.82. The van der Waals surface area contributed by atoms with E-state index in [2.05, 4.69) is 37.6 Å². The lowest BCUT2D eigenvalue weighted by Gasteiger charge is -2.34. The minimum absolute atomic E-state index is 0.00513. The van der Waals surface area contributed by atoms with Gasteiger partial charge in [-0.05, 0) is 60.3 Å². The van der Waals surface area contributed by atoms with Gasteiger partial charge in [-0.1, -0.05) is 6.92 Å². The quantitative estimate of drug-likeness (QED) is 0.421. The largest absolute Gasteiger partial charge is 0.488 e. The number of nitrogens with zero attached hydrogens (tertiary/aromatic N) is 7. The zero-order valence-corrected chi connectivity index (χ0v) is 21.9. The van der Waals surface area contributed by atoms with Crippen molar-refractivity contribution in [1.82, 2.24) is 35.0 Å². The monoisotopic (exact) mass is 522 g/mol. The van der Waals surface area contributed by atoms with Gasteiger partial charge in [0.1, 0.15) is 24.7 Å². The molecule has 3 heterocycles. The van der Waals surface area contributed by atoms with Gasteiger partial charge in [-0.3, -0.25) is 19.5 Å². The van der Waals surface area contributed by atoms with Crippen molar-refractivity contribution in [3.05, 3.63) is 60.2 Å². The van der Waals surface area contributed by atoms with E-state index in [4.69, 9.17) is 4.74 Å². The SMILES string of the molecule is C[C@@H]1CN([C@H](C)CO)C(=O)Cc2cc(NC(=O)Cn3cnnn3)ccc2O[C@@H]1CN(C)Cc1ccncc1. The summed E-state index contributed by atoms with van der Waals surface area (Å²) >= 11 is 0. The molecule has 38 heavy (non-hydrogen) atoms. The van der Waals surface area contributed by atoms with E-state index < -0.39 is 0 Å². The number of aliphatic hydroxyl groups is 1. The van der Waals surface area contributed by atoms with Crippen molar-refractivity contribution in [3.63, 3.8) is 0 Å². The number of tetrazole rings is 1. The first-order valence-electron chi connectivity index (χ1n) is 12.6. The standard InChI is InChI=1S/C26H34N8O4/c1-18-12-34(19(2)16-35)26(37)11-21-10-22(29-25(36)15-33-17-28-30-31-33)4-5-23(21)38-24(18)14-32(3)13-20-6-8-27-9-7-20/h4-10,17-19,24,35H,11-16H2,1-3H3,(H,29,36)/t18-,19-,24-/m1/s1. The number of anilines is 1. The van der Waals surface area contributed by atoms with Crippen LogP contribution in [0.2, 0.25) is 0 Å². The summed E-state index contributed by atoms with van der Waals surface area (Å²) < 4.78 is 7.88. The number of likely N-dealkylation sites (N-methyl/N-ethyl adjacent to an activating group) is 1. The number of rotatable bonds is 9. The minimum atomic E-state index is -0.333. The van der Waals surface area contributed by atoms with E-state index in [1.165, 1.54) is 11.0 Å². The summed E-state index contributed by atoms with van der Waals surface area (Å²) in [6, 6.07) is 8.95. The van der Waals surface area contributed by atoms with Crippen LogP contribution in [0.5, 0.6) is 5.75 Å². The number of nitrogens with one attached hydrogen (secondary N) is 1. The number of benzene rings is 1. The van der Waals surface area contributed by atoms with Gasteiger partial charge in [0.05, 0.1) is 19.1 Å². The third-order valence-electron chi connectivity index (χ3n) is 6.59. The Hall–Kier alpha value is -3.90. The number of aliphatic hydroxyl groups excluding tert-OH is 1.